The van der Waals surface area contributed by atoms with E-state index in [0.717, 1.165) is 5.69 Å². The molecule has 7 heteroatoms. The summed E-state index contributed by atoms with van der Waals surface area (Å²) in [6.07, 6.45) is 1.43. The lowest BCUT2D eigenvalue weighted by Gasteiger charge is -2.18. The number of ether oxygens (including phenoxy) is 2. The predicted molar refractivity (Wildman–Crippen MR) is 63.4 cm³/mol. The van der Waals surface area contributed by atoms with Gasteiger partial charge >= 0.3 is 5.69 Å². The largest absolute Gasteiger partial charge is 0.486 e. The van der Waals surface area contributed by atoms with E-state index in [0.29, 0.717) is 30.5 Å². The van der Waals surface area contributed by atoms with Gasteiger partial charge < -0.3 is 14.8 Å². The summed E-state index contributed by atoms with van der Waals surface area (Å²) in [7, 11) is 0. The highest BCUT2D eigenvalue weighted by atomic mass is 16.6. The average Bonchev–Trinajstić information content (AvgIpc) is 2.39. The van der Waals surface area contributed by atoms with Crippen LogP contribution in [0.5, 0.6) is 11.5 Å². The summed E-state index contributed by atoms with van der Waals surface area (Å²) < 4.78 is 10.9. The standard InChI is InChI=1S/C11H10N4O3/c16-11-14-10(6-12-15-11)13-7-1-2-8-9(5-7)18-4-3-17-8/h1-2,5-6H,3-4H2,(H2,13,14,15,16). The minimum absolute atomic E-state index is 0.371. The third-order valence-corrected chi connectivity index (χ3v) is 2.38. The van der Waals surface area contributed by atoms with E-state index in [2.05, 4.69) is 20.5 Å². The topological polar surface area (TPSA) is 89.1 Å². The number of aromatic nitrogens is 3. The molecule has 1 aliphatic heterocycles. The number of nitrogens with one attached hydrogen (secondary N) is 2. The SMILES string of the molecule is O=c1nc(Nc2ccc3c(c2)OCCO3)cn[nH]1. The summed E-state index contributed by atoms with van der Waals surface area (Å²) in [5, 5.41) is 8.82. The predicted octanol–water partition coefficient (Wildman–Crippen LogP) is 0.680. The number of benzene rings is 1. The van der Waals surface area contributed by atoms with E-state index in [1.807, 2.05) is 6.07 Å². The van der Waals surface area contributed by atoms with Gasteiger partial charge in [-0.15, -0.1) is 0 Å². The molecule has 3 rings (SSSR count). The molecule has 0 saturated heterocycles. The van der Waals surface area contributed by atoms with Crippen molar-refractivity contribution in [1.29, 1.82) is 0 Å². The summed E-state index contributed by atoms with van der Waals surface area (Å²) in [5.41, 5.74) is 0.247. The maximum absolute atomic E-state index is 11.0. The average molecular weight is 246 g/mol. The molecule has 0 amide bonds. The van der Waals surface area contributed by atoms with Crippen molar-refractivity contribution >= 4 is 11.5 Å². The number of anilines is 2. The van der Waals surface area contributed by atoms with Crippen molar-refractivity contribution in [1.82, 2.24) is 15.2 Å². The van der Waals surface area contributed by atoms with Gasteiger partial charge in [-0.05, 0) is 12.1 Å². The molecule has 0 atom stereocenters. The van der Waals surface area contributed by atoms with Crippen LogP contribution in [-0.4, -0.2) is 28.4 Å². The van der Waals surface area contributed by atoms with Gasteiger partial charge in [0, 0.05) is 11.8 Å². The molecule has 0 bridgehead atoms. The molecule has 0 aliphatic carbocycles. The molecule has 92 valence electrons. The Kier molecular flexibility index (Phi) is 2.56. The van der Waals surface area contributed by atoms with Crippen molar-refractivity contribution in [2.24, 2.45) is 0 Å². The summed E-state index contributed by atoms with van der Waals surface area (Å²) in [6, 6.07) is 5.41. The zero-order valence-electron chi connectivity index (χ0n) is 9.34. The van der Waals surface area contributed by atoms with E-state index < -0.39 is 5.69 Å². The van der Waals surface area contributed by atoms with Crippen molar-refractivity contribution in [2.75, 3.05) is 18.5 Å². The molecule has 1 aromatic heterocycles. The first-order valence-electron chi connectivity index (χ1n) is 5.40. The van der Waals surface area contributed by atoms with E-state index in [1.165, 1.54) is 6.20 Å². The van der Waals surface area contributed by atoms with Gasteiger partial charge in [0.15, 0.2) is 17.3 Å². The van der Waals surface area contributed by atoms with Crippen LogP contribution in [0.1, 0.15) is 0 Å². The molecular weight excluding hydrogens is 236 g/mol. The molecule has 0 fully saturated rings. The first-order chi connectivity index (χ1) is 8.81. The molecular formula is C11H10N4O3. The Bertz CT molecular complexity index is 626. The number of nitrogens with zero attached hydrogens (tertiary/aromatic N) is 2. The Morgan fingerprint density at radius 2 is 2.06 bits per heavy atom. The number of hydrogen-bond acceptors (Lipinski definition) is 6. The van der Waals surface area contributed by atoms with Crippen molar-refractivity contribution in [3.63, 3.8) is 0 Å². The second-order valence-corrected chi connectivity index (χ2v) is 3.66. The molecule has 1 aromatic carbocycles. The van der Waals surface area contributed by atoms with E-state index in [9.17, 15) is 4.79 Å². The van der Waals surface area contributed by atoms with E-state index in [-0.39, 0.29) is 0 Å². The van der Waals surface area contributed by atoms with Crippen LogP contribution < -0.4 is 20.5 Å². The first kappa shape index (κ1) is 10.6. The summed E-state index contributed by atoms with van der Waals surface area (Å²) in [5.74, 6) is 1.75. The van der Waals surface area contributed by atoms with Gasteiger partial charge in [0.05, 0.1) is 6.20 Å². The second kappa shape index (κ2) is 4.36. The van der Waals surface area contributed by atoms with E-state index >= 15 is 0 Å². The second-order valence-electron chi connectivity index (χ2n) is 3.66. The molecule has 2 aromatic rings. The van der Waals surface area contributed by atoms with Gasteiger partial charge in [-0.1, -0.05) is 0 Å². The molecule has 0 unspecified atom stereocenters. The van der Waals surface area contributed by atoms with Gasteiger partial charge in [0.25, 0.3) is 0 Å². The highest BCUT2D eigenvalue weighted by Crippen LogP contribution is 2.33. The van der Waals surface area contributed by atoms with Crippen LogP contribution in [0.15, 0.2) is 29.2 Å². The Morgan fingerprint density at radius 1 is 1.22 bits per heavy atom. The van der Waals surface area contributed by atoms with Crippen LogP contribution in [0.25, 0.3) is 0 Å². The third kappa shape index (κ3) is 2.10. The Balaban J connectivity index is 1.87. The molecule has 0 saturated carbocycles. The Hall–Kier alpha value is -2.57. The van der Waals surface area contributed by atoms with Crippen LogP contribution >= 0.6 is 0 Å². The summed E-state index contributed by atoms with van der Waals surface area (Å²) in [4.78, 5) is 14.7. The fourth-order valence-electron chi connectivity index (χ4n) is 1.64. The monoisotopic (exact) mass is 246 g/mol. The van der Waals surface area contributed by atoms with Crippen LogP contribution in [0.2, 0.25) is 0 Å². The first-order valence-corrected chi connectivity index (χ1v) is 5.40. The molecule has 18 heavy (non-hydrogen) atoms. The van der Waals surface area contributed by atoms with Gasteiger partial charge in [-0.2, -0.15) is 10.1 Å². The van der Waals surface area contributed by atoms with Gasteiger partial charge in [0.1, 0.15) is 13.2 Å². The van der Waals surface area contributed by atoms with Crippen molar-refractivity contribution in [2.45, 2.75) is 0 Å². The lowest BCUT2D eigenvalue weighted by molar-refractivity contribution is 0.171. The highest BCUT2D eigenvalue weighted by molar-refractivity contribution is 5.60. The van der Waals surface area contributed by atoms with Crippen molar-refractivity contribution < 1.29 is 9.47 Å². The number of rotatable bonds is 2. The van der Waals surface area contributed by atoms with Gasteiger partial charge in [-0.25, -0.2) is 9.89 Å². The van der Waals surface area contributed by atoms with Crippen LogP contribution in [-0.2, 0) is 0 Å². The lowest BCUT2D eigenvalue weighted by atomic mass is 10.2. The molecule has 2 heterocycles. The van der Waals surface area contributed by atoms with E-state index in [1.54, 1.807) is 12.1 Å². The molecule has 7 nitrogen and oxygen atoms in total. The Labute approximate surface area is 102 Å². The minimum Gasteiger partial charge on any atom is -0.486 e. The smallest absolute Gasteiger partial charge is 0.363 e. The van der Waals surface area contributed by atoms with Crippen LogP contribution in [0.4, 0.5) is 11.5 Å². The van der Waals surface area contributed by atoms with Crippen LogP contribution in [0.3, 0.4) is 0 Å². The zero-order valence-corrected chi connectivity index (χ0v) is 9.34. The van der Waals surface area contributed by atoms with Crippen molar-refractivity contribution in [3.05, 3.63) is 34.9 Å². The molecule has 0 spiro atoms. The molecule has 1 aliphatic rings. The highest BCUT2D eigenvalue weighted by Gasteiger charge is 2.11. The number of hydrogen-bond donors (Lipinski definition) is 2. The maximum atomic E-state index is 11.0. The van der Waals surface area contributed by atoms with Gasteiger partial charge in [-0.3, -0.25) is 0 Å². The quantitative estimate of drug-likeness (QED) is 0.810. The fourth-order valence-corrected chi connectivity index (χ4v) is 1.64. The number of aromatic amines is 1. The number of H-pyrrole nitrogens is 1. The zero-order chi connectivity index (χ0) is 12.4. The minimum atomic E-state index is -0.502. The van der Waals surface area contributed by atoms with E-state index in [4.69, 9.17) is 9.47 Å². The molecule has 0 radical (unpaired) electrons. The summed E-state index contributed by atoms with van der Waals surface area (Å²) >= 11 is 0. The van der Waals surface area contributed by atoms with Crippen molar-refractivity contribution in [3.8, 4) is 11.5 Å². The van der Waals surface area contributed by atoms with Gasteiger partial charge in [0.2, 0.25) is 0 Å². The molecule has 2 N–H and O–H groups in total. The normalized spacial score (nSPS) is 13.1. The number of fused-ring (bicyclic) bond motifs is 1. The van der Waals surface area contributed by atoms with Crippen LogP contribution in [0, 0.1) is 0 Å². The Morgan fingerprint density at radius 3 is 2.89 bits per heavy atom. The maximum Gasteiger partial charge on any atom is 0.363 e. The fraction of sp³-hybridized carbons (Fsp3) is 0.182. The summed E-state index contributed by atoms with van der Waals surface area (Å²) in [6.45, 7) is 1.08. The lowest BCUT2D eigenvalue weighted by Crippen LogP contribution is -2.15. The third-order valence-electron chi connectivity index (χ3n) is 2.38.